The molecule has 2 bridgehead atoms. The third-order valence-corrected chi connectivity index (χ3v) is 8.48. The highest BCUT2D eigenvalue weighted by Gasteiger charge is 3.02. The average Bonchev–Trinajstić information content (AvgIpc) is 2.60. The van der Waals surface area contributed by atoms with E-state index in [2.05, 4.69) is 0 Å². The monoisotopic (exact) mass is 332 g/mol. The molecule has 5 saturated carbocycles. The van der Waals surface area contributed by atoms with E-state index < -0.39 is 21.5 Å². The number of carbonyl (C=O) groups is 2. The molecule has 5 fully saturated rings. The molecule has 0 radical (unpaired) electrons. The predicted molar refractivity (Wildman–Crippen MR) is 70.8 cm³/mol. The molecule has 0 saturated heterocycles. The molecule has 5 aliphatic rings. The number of ketones is 1. The molecule has 0 heterocycles. The molecule has 21 heavy (non-hydrogen) atoms. The molecule has 0 N–H and O–H groups in total. The van der Waals surface area contributed by atoms with Crippen LogP contribution in [-0.4, -0.2) is 48.1 Å². The quantitative estimate of drug-likeness (QED) is 0.433. The first-order chi connectivity index (χ1) is 9.97. The lowest BCUT2D eigenvalue weighted by atomic mass is 9.44. The van der Waals surface area contributed by atoms with Crippen LogP contribution in [0.25, 0.3) is 0 Å². The van der Waals surface area contributed by atoms with Gasteiger partial charge in [0.15, 0.2) is 10.7 Å². The molecule has 0 aliphatic heterocycles. The van der Waals surface area contributed by atoms with Crippen molar-refractivity contribution in [1.29, 1.82) is 0 Å². The maximum Gasteiger partial charge on any atom is 0.293 e. The number of halogens is 2. The van der Waals surface area contributed by atoms with Crippen LogP contribution in [0.4, 0.5) is 0 Å². The van der Waals surface area contributed by atoms with E-state index in [9.17, 15) is 9.59 Å². The van der Waals surface area contributed by atoms with Gasteiger partial charge < -0.3 is 14.2 Å². The Labute approximate surface area is 131 Å². The Bertz CT molecular complexity index is 592. The minimum absolute atomic E-state index is 0.0424. The number of Topliss-reactive ketones (excluding diaryl/α,β-unsaturated/α-hetero) is 1. The number of methoxy groups -OCH3 is 2. The standard InChI is InChI=1S/C14H14Cl2O5/c1-19-14(20-2)12(15)7-4-5-8(7)13(14,16)11(18)9(12)6(4)10(5)21-3-17/h3-10H,1-2H3/t4-,5?,6+,7-,8?,9-,10?,12+,13-/m0/s1. The van der Waals surface area contributed by atoms with Crippen molar-refractivity contribution in [2.45, 2.75) is 21.6 Å². The van der Waals surface area contributed by atoms with Crippen LogP contribution in [0.3, 0.4) is 0 Å². The van der Waals surface area contributed by atoms with Crippen molar-refractivity contribution in [3.8, 4) is 0 Å². The van der Waals surface area contributed by atoms with Gasteiger partial charge in [-0.25, -0.2) is 0 Å². The highest BCUT2D eigenvalue weighted by atomic mass is 35.5. The van der Waals surface area contributed by atoms with E-state index in [4.69, 9.17) is 37.4 Å². The zero-order valence-corrected chi connectivity index (χ0v) is 12.9. The second kappa shape index (κ2) is 3.28. The van der Waals surface area contributed by atoms with Gasteiger partial charge in [0, 0.05) is 32.0 Å². The number of carbonyl (C=O) groups excluding carboxylic acids is 2. The van der Waals surface area contributed by atoms with Crippen molar-refractivity contribution in [2.24, 2.45) is 35.5 Å². The molecule has 0 amide bonds. The highest BCUT2D eigenvalue weighted by molar-refractivity contribution is 6.44. The van der Waals surface area contributed by atoms with Gasteiger partial charge in [0.1, 0.15) is 11.0 Å². The van der Waals surface area contributed by atoms with E-state index in [1.54, 1.807) is 0 Å². The smallest absolute Gasteiger partial charge is 0.293 e. The Morgan fingerprint density at radius 1 is 1.10 bits per heavy atom. The lowest BCUT2D eigenvalue weighted by Crippen LogP contribution is -2.67. The molecule has 3 unspecified atom stereocenters. The van der Waals surface area contributed by atoms with Crippen molar-refractivity contribution < 1.29 is 23.8 Å². The summed E-state index contributed by atoms with van der Waals surface area (Å²) in [6.07, 6.45) is -0.240. The maximum atomic E-state index is 13.0. The second-order valence-electron chi connectivity index (χ2n) is 6.83. The van der Waals surface area contributed by atoms with Gasteiger partial charge in [-0.05, 0) is 11.8 Å². The van der Waals surface area contributed by atoms with Gasteiger partial charge >= 0.3 is 0 Å². The third kappa shape index (κ3) is 0.814. The van der Waals surface area contributed by atoms with Crippen LogP contribution in [0.1, 0.15) is 0 Å². The number of rotatable bonds is 4. The Morgan fingerprint density at radius 3 is 2.33 bits per heavy atom. The van der Waals surface area contributed by atoms with Crippen LogP contribution < -0.4 is 0 Å². The van der Waals surface area contributed by atoms with E-state index in [0.29, 0.717) is 12.4 Å². The predicted octanol–water partition coefficient (Wildman–Crippen LogP) is 0.807. The van der Waals surface area contributed by atoms with Crippen LogP contribution >= 0.6 is 23.2 Å². The fourth-order valence-corrected chi connectivity index (χ4v) is 8.38. The summed E-state index contributed by atoms with van der Waals surface area (Å²) in [4.78, 5) is 21.5. The van der Waals surface area contributed by atoms with Crippen molar-refractivity contribution in [1.82, 2.24) is 0 Å². The Morgan fingerprint density at radius 2 is 1.76 bits per heavy atom. The van der Waals surface area contributed by atoms with Crippen LogP contribution in [0.15, 0.2) is 0 Å². The molecule has 0 aromatic rings. The van der Waals surface area contributed by atoms with Gasteiger partial charge in [-0.15, -0.1) is 23.2 Å². The van der Waals surface area contributed by atoms with Gasteiger partial charge in [0.05, 0.1) is 5.92 Å². The molecule has 5 aliphatic carbocycles. The van der Waals surface area contributed by atoms with Crippen LogP contribution in [-0.2, 0) is 23.8 Å². The number of alkyl halides is 2. The number of hydrogen-bond acceptors (Lipinski definition) is 5. The first kappa shape index (κ1) is 13.1. The van der Waals surface area contributed by atoms with Gasteiger partial charge in [-0.1, -0.05) is 0 Å². The topological polar surface area (TPSA) is 61.8 Å². The summed E-state index contributed by atoms with van der Waals surface area (Å²) in [5.41, 5.74) is 0. The fraction of sp³-hybridized carbons (Fsp3) is 0.857. The Kier molecular flexibility index (Phi) is 2.05. The zero-order chi connectivity index (χ0) is 14.9. The van der Waals surface area contributed by atoms with E-state index in [1.807, 2.05) is 0 Å². The van der Waals surface area contributed by atoms with Crippen LogP contribution in [0.2, 0.25) is 0 Å². The van der Waals surface area contributed by atoms with Crippen molar-refractivity contribution >= 4 is 35.5 Å². The minimum atomic E-state index is -1.30. The fourth-order valence-electron chi connectivity index (χ4n) is 6.79. The number of fused-ring (bicyclic) bond motifs is 4. The van der Waals surface area contributed by atoms with Gasteiger partial charge in [0.25, 0.3) is 6.47 Å². The van der Waals surface area contributed by atoms with Crippen molar-refractivity contribution in [3.63, 3.8) is 0 Å². The summed E-state index contributed by atoms with van der Waals surface area (Å²) in [6.45, 7) is 0.462. The van der Waals surface area contributed by atoms with E-state index in [1.165, 1.54) is 14.2 Å². The molecular formula is C14H14Cl2O5. The summed E-state index contributed by atoms with van der Waals surface area (Å²) in [6, 6.07) is 0. The molecule has 5 nitrogen and oxygen atoms in total. The summed E-state index contributed by atoms with van der Waals surface area (Å²) in [7, 11) is 2.98. The zero-order valence-electron chi connectivity index (χ0n) is 11.4. The van der Waals surface area contributed by atoms with Crippen LogP contribution in [0.5, 0.6) is 0 Å². The maximum absolute atomic E-state index is 13.0. The largest absolute Gasteiger partial charge is 0.464 e. The first-order valence-corrected chi connectivity index (χ1v) is 7.84. The molecule has 9 atom stereocenters. The Hall–Kier alpha value is -0.360. The number of hydrogen-bond donors (Lipinski definition) is 0. The second-order valence-corrected chi connectivity index (χ2v) is 8.05. The van der Waals surface area contributed by atoms with Gasteiger partial charge in [0.2, 0.25) is 5.79 Å². The minimum Gasteiger partial charge on any atom is -0.464 e. The molecule has 0 aromatic heterocycles. The van der Waals surface area contributed by atoms with Crippen LogP contribution in [0, 0.1) is 35.5 Å². The number of ether oxygens (including phenoxy) is 3. The molecular weight excluding hydrogens is 319 g/mol. The van der Waals surface area contributed by atoms with Crippen molar-refractivity contribution in [3.05, 3.63) is 0 Å². The summed E-state index contributed by atoms with van der Waals surface area (Å²) in [5.74, 6) is -1.56. The molecule has 0 spiro atoms. The third-order valence-electron chi connectivity index (χ3n) is 7.06. The van der Waals surface area contributed by atoms with Gasteiger partial charge in [-0.2, -0.15) is 0 Å². The SMILES string of the molecule is COC1(OC)[C@]2(Cl)[C@@H]3C(=O)[C@@]1(Cl)C1C4C(OC=O)[C@@H]3[C@H]4[C@@H]12. The lowest BCUT2D eigenvalue weighted by Gasteiger charge is -2.62. The lowest BCUT2D eigenvalue weighted by molar-refractivity contribution is -0.239. The summed E-state index contributed by atoms with van der Waals surface area (Å²) < 4.78 is 16.5. The van der Waals surface area contributed by atoms with Crippen molar-refractivity contribution in [2.75, 3.05) is 14.2 Å². The molecule has 0 aromatic carbocycles. The summed E-state index contributed by atoms with van der Waals surface area (Å²) >= 11 is 13.8. The Balaban J connectivity index is 1.75. The molecule has 114 valence electrons. The molecule has 7 heteroatoms. The van der Waals surface area contributed by atoms with E-state index >= 15 is 0 Å². The highest BCUT2D eigenvalue weighted by Crippen LogP contribution is 2.90. The normalized spacial score (nSPS) is 63.2. The average molecular weight is 333 g/mol. The van der Waals surface area contributed by atoms with Gasteiger partial charge in [-0.3, -0.25) is 9.59 Å². The summed E-state index contributed by atoms with van der Waals surface area (Å²) in [5, 5.41) is 0. The van der Waals surface area contributed by atoms with E-state index in [0.717, 1.165) is 0 Å². The first-order valence-electron chi connectivity index (χ1n) is 7.09. The molecule has 5 rings (SSSR count). The van der Waals surface area contributed by atoms with E-state index in [-0.39, 0.29) is 35.6 Å².